The zero-order valence-electron chi connectivity index (χ0n) is 8.95. The first kappa shape index (κ1) is 10.3. The Kier molecular flexibility index (Phi) is 2.36. The van der Waals surface area contributed by atoms with Crippen molar-refractivity contribution in [1.82, 2.24) is 20.1 Å². The van der Waals surface area contributed by atoms with Crippen LogP contribution < -0.4 is 5.32 Å². The van der Waals surface area contributed by atoms with E-state index in [1.54, 1.807) is 4.68 Å². The third kappa shape index (κ3) is 1.91. The van der Waals surface area contributed by atoms with Gasteiger partial charge in [-0.3, -0.25) is 0 Å². The maximum absolute atomic E-state index is 13.1. The number of halogens is 2. The summed E-state index contributed by atoms with van der Waals surface area (Å²) in [5.41, 5.74) is 0.365. The van der Waals surface area contributed by atoms with E-state index in [2.05, 4.69) is 15.4 Å². The lowest BCUT2D eigenvalue weighted by Crippen LogP contribution is -2.28. The molecule has 1 aromatic heterocycles. The molecule has 0 saturated heterocycles. The zero-order valence-corrected chi connectivity index (χ0v) is 8.95. The lowest BCUT2D eigenvalue weighted by Gasteiger charge is -2.11. The molecule has 0 amide bonds. The van der Waals surface area contributed by atoms with E-state index in [1.807, 2.05) is 0 Å². The number of benzene rings is 1. The van der Waals surface area contributed by atoms with E-state index in [4.69, 9.17) is 0 Å². The van der Waals surface area contributed by atoms with Crippen LogP contribution >= 0.6 is 0 Å². The standard InChI is InChI=1S/C11H10F2N4/c12-8-3-7(4-9(13)5-8)11-15-10-6-14-1-2-17(10)16-11/h3-5,14H,1-2,6H2. The molecule has 0 spiro atoms. The van der Waals surface area contributed by atoms with Crippen molar-refractivity contribution >= 4 is 0 Å². The maximum atomic E-state index is 13.1. The summed E-state index contributed by atoms with van der Waals surface area (Å²) in [4.78, 5) is 4.26. The fourth-order valence-electron chi connectivity index (χ4n) is 1.87. The van der Waals surface area contributed by atoms with Gasteiger partial charge in [0.15, 0.2) is 5.82 Å². The van der Waals surface area contributed by atoms with E-state index in [9.17, 15) is 8.78 Å². The number of rotatable bonds is 1. The number of hydrogen-bond acceptors (Lipinski definition) is 3. The molecule has 88 valence electrons. The van der Waals surface area contributed by atoms with Gasteiger partial charge in [-0.05, 0) is 12.1 Å². The van der Waals surface area contributed by atoms with E-state index in [1.165, 1.54) is 12.1 Å². The van der Waals surface area contributed by atoms with Crippen molar-refractivity contribution in [2.75, 3.05) is 6.54 Å². The molecule has 0 fully saturated rings. The third-order valence-corrected chi connectivity index (χ3v) is 2.65. The van der Waals surface area contributed by atoms with Gasteiger partial charge in [-0.15, -0.1) is 0 Å². The number of hydrogen-bond donors (Lipinski definition) is 1. The average Bonchev–Trinajstić information content (AvgIpc) is 2.71. The van der Waals surface area contributed by atoms with E-state index in [-0.39, 0.29) is 0 Å². The van der Waals surface area contributed by atoms with Gasteiger partial charge in [-0.25, -0.2) is 18.4 Å². The molecule has 0 aliphatic carbocycles. The van der Waals surface area contributed by atoms with Gasteiger partial charge in [0, 0.05) is 18.2 Å². The molecule has 0 saturated carbocycles. The number of nitrogens with one attached hydrogen (secondary N) is 1. The Bertz CT molecular complexity index is 521. The SMILES string of the molecule is Fc1cc(F)cc(-c2nc3n(n2)CCNC3)c1. The first-order valence-corrected chi connectivity index (χ1v) is 5.33. The van der Waals surface area contributed by atoms with Crippen LogP contribution in [-0.2, 0) is 13.1 Å². The lowest BCUT2D eigenvalue weighted by molar-refractivity contribution is 0.469. The maximum Gasteiger partial charge on any atom is 0.181 e. The molecule has 1 aromatic carbocycles. The van der Waals surface area contributed by atoms with Crippen molar-refractivity contribution in [1.29, 1.82) is 0 Å². The van der Waals surface area contributed by atoms with Crippen molar-refractivity contribution in [2.24, 2.45) is 0 Å². The van der Waals surface area contributed by atoms with Crippen LogP contribution in [0.1, 0.15) is 5.82 Å². The van der Waals surface area contributed by atoms with Gasteiger partial charge >= 0.3 is 0 Å². The largest absolute Gasteiger partial charge is 0.308 e. The molecule has 1 N–H and O–H groups in total. The first-order valence-electron chi connectivity index (χ1n) is 5.33. The Hall–Kier alpha value is -1.82. The van der Waals surface area contributed by atoms with E-state index >= 15 is 0 Å². The van der Waals surface area contributed by atoms with Crippen LogP contribution in [0.3, 0.4) is 0 Å². The van der Waals surface area contributed by atoms with E-state index < -0.39 is 11.6 Å². The smallest absolute Gasteiger partial charge is 0.181 e. The summed E-state index contributed by atoms with van der Waals surface area (Å²) in [5.74, 6) is -0.0881. The summed E-state index contributed by atoms with van der Waals surface area (Å²) >= 11 is 0. The Labute approximate surface area is 96.3 Å². The van der Waals surface area contributed by atoms with Gasteiger partial charge in [0.25, 0.3) is 0 Å². The molecule has 6 heteroatoms. The van der Waals surface area contributed by atoms with Crippen LogP contribution in [0.4, 0.5) is 8.78 Å². The molecule has 0 unspecified atom stereocenters. The summed E-state index contributed by atoms with van der Waals surface area (Å²) in [6, 6.07) is 3.30. The molecule has 4 nitrogen and oxygen atoms in total. The van der Waals surface area contributed by atoms with Crippen LogP contribution in [0, 0.1) is 11.6 Å². The second kappa shape index (κ2) is 3.89. The number of nitrogens with zero attached hydrogens (tertiary/aromatic N) is 3. The van der Waals surface area contributed by atoms with E-state index in [0.717, 1.165) is 25.0 Å². The van der Waals surface area contributed by atoms with Crippen LogP contribution in [0.25, 0.3) is 11.4 Å². The van der Waals surface area contributed by atoms with Crippen molar-refractivity contribution in [2.45, 2.75) is 13.1 Å². The van der Waals surface area contributed by atoms with Crippen molar-refractivity contribution < 1.29 is 8.78 Å². The highest BCUT2D eigenvalue weighted by molar-refractivity contribution is 5.54. The summed E-state index contributed by atoms with van der Waals surface area (Å²) < 4.78 is 27.9. The molecule has 0 bridgehead atoms. The average molecular weight is 236 g/mol. The van der Waals surface area contributed by atoms with Gasteiger partial charge in [0.1, 0.15) is 17.5 Å². The van der Waals surface area contributed by atoms with Crippen LogP contribution in [-0.4, -0.2) is 21.3 Å². The molecule has 2 heterocycles. The molecule has 1 aliphatic rings. The molecular weight excluding hydrogens is 226 g/mol. The predicted molar refractivity (Wildman–Crippen MR) is 57.1 cm³/mol. The summed E-state index contributed by atoms with van der Waals surface area (Å²) in [6.45, 7) is 2.18. The van der Waals surface area contributed by atoms with Crippen molar-refractivity contribution in [3.05, 3.63) is 35.7 Å². The number of aromatic nitrogens is 3. The Morgan fingerprint density at radius 3 is 2.65 bits per heavy atom. The van der Waals surface area contributed by atoms with Gasteiger partial charge in [0.05, 0.1) is 13.1 Å². The molecule has 3 rings (SSSR count). The summed E-state index contributed by atoms with van der Waals surface area (Å²) in [6.07, 6.45) is 0. The quantitative estimate of drug-likeness (QED) is 0.812. The molecule has 17 heavy (non-hydrogen) atoms. The topological polar surface area (TPSA) is 42.7 Å². The Morgan fingerprint density at radius 1 is 1.18 bits per heavy atom. The van der Waals surface area contributed by atoms with Crippen LogP contribution in [0.15, 0.2) is 18.2 Å². The Balaban J connectivity index is 2.05. The number of fused-ring (bicyclic) bond motifs is 1. The summed E-state index contributed by atoms with van der Waals surface area (Å²) in [5, 5.41) is 7.39. The first-order chi connectivity index (χ1) is 8.22. The van der Waals surface area contributed by atoms with E-state index in [0.29, 0.717) is 17.9 Å². The molecule has 0 radical (unpaired) electrons. The second-order valence-electron chi connectivity index (χ2n) is 3.91. The molecular formula is C11H10F2N4. The minimum Gasteiger partial charge on any atom is -0.308 e. The Morgan fingerprint density at radius 2 is 1.94 bits per heavy atom. The normalized spacial score (nSPS) is 14.7. The molecule has 0 atom stereocenters. The minimum absolute atomic E-state index is 0.363. The lowest BCUT2D eigenvalue weighted by atomic mass is 10.2. The predicted octanol–water partition coefficient (Wildman–Crippen LogP) is 1.33. The van der Waals surface area contributed by atoms with Crippen LogP contribution in [0.2, 0.25) is 0 Å². The van der Waals surface area contributed by atoms with Gasteiger partial charge < -0.3 is 5.32 Å². The highest BCUT2D eigenvalue weighted by Crippen LogP contribution is 2.19. The second-order valence-corrected chi connectivity index (χ2v) is 3.91. The highest BCUT2D eigenvalue weighted by Gasteiger charge is 2.15. The van der Waals surface area contributed by atoms with Gasteiger partial charge in [-0.1, -0.05) is 0 Å². The third-order valence-electron chi connectivity index (χ3n) is 2.65. The molecule has 1 aliphatic heterocycles. The zero-order chi connectivity index (χ0) is 11.8. The fraction of sp³-hybridized carbons (Fsp3) is 0.273. The van der Waals surface area contributed by atoms with Gasteiger partial charge in [0.2, 0.25) is 0 Å². The van der Waals surface area contributed by atoms with Crippen molar-refractivity contribution in [3.63, 3.8) is 0 Å². The summed E-state index contributed by atoms with van der Waals surface area (Å²) in [7, 11) is 0. The minimum atomic E-state index is -0.620. The highest BCUT2D eigenvalue weighted by atomic mass is 19.1. The van der Waals surface area contributed by atoms with Crippen molar-refractivity contribution in [3.8, 4) is 11.4 Å². The monoisotopic (exact) mass is 236 g/mol. The fourth-order valence-corrected chi connectivity index (χ4v) is 1.87. The van der Waals surface area contributed by atoms with Gasteiger partial charge in [-0.2, -0.15) is 5.10 Å². The molecule has 2 aromatic rings. The van der Waals surface area contributed by atoms with Crippen LogP contribution in [0.5, 0.6) is 0 Å².